The molecular formula is C19H24ClN3O. The Labute approximate surface area is 148 Å². The van der Waals surface area contributed by atoms with Gasteiger partial charge in [0.15, 0.2) is 5.15 Å². The van der Waals surface area contributed by atoms with Crippen LogP contribution in [0.5, 0.6) is 5.75 Å². The van der Waals surface area contributed by atoms with Crippen molar-refractivity contribution in [2.75, 3.05) is 19.7 Å². The van der Waals surface area contributed by atoms with E-state index in [9.17, 15) is 0 Å². The van der Waals surface area contributed by atoms with Gasteiger partial charge >= 0.3 is 0 Å². The first kappa shape index (κ1) is 17.2. The quantitative estimate of drug-likeness (QED) is 0.782. The van der Waals surface area contributed by atoms with Crippen LogP contribution < -0.4 is 4.74 Å². The van der Waals surface area contributed by atoms with E-state index in [1.54, 1.807) is 6.07 Å². The summed E-state index contributed by atoms with van der Waals surface area (Å²) in [4.78, 5) is 2.57. The summed E-state index contributed by atoms with van der Waals surface area (Å²) in [6, 6.07) is 12.3. The summed E-state index contributed by atoms with van der Waals surface area (Å²) < 4.78 is 5.94. The van der Waals surface area contributed by atoms with Crippen LogP contribution in [0, 0.1) is 5.92 Å². The molecule has 0 spiro atoms. The SMILES string of the molecule is C[C@H](COc1ccc(-c2ccc(Cl)nn2)cc1)CN1CCC[C@H]1C. The van der Waals surface area contributed by atoms with Gasteiger partial charge in [0, 0.05) is 24.1 Å². The van der Waals surface area contributed by atoms with E-state index in [1.165, 1.54) is 19.4 Å². The average molecular weight is 346 g/mol. The van der Waals surface area contributed by atoms with Crippen molar-refractivity contribution >= 4 is 11.6 Å². The Kier molecular flexibility index (Phi) is 5.69. The Morgan fingerprint density at radius 3 is 2.62 bits per heavy atom. The molecule has 1 saturated heterocycles. The van der Waals surface area contributed by atoms with Gasteiger partial charge in [-0.15, -0.1) is 10.2 Å². The summed E-state index contributed by atoms with van der Waals surface area (Å²) >= 11 is 5.77. The second-order valence-electron chi connectivity index (χ2n) is 6.67. The summed E-state index contributed by atoms with van der Waals surface area (Å²) in [5.41, 5.74) is 1.81. The molecule has 0 unspecified atom stereocenters. The van der Waals surface area contributed by atoms with Gasteiger partial charge in [0.2, 0.25) is 0 Å². The minimum atomic E-state index is 0.403. The molecule has 0 saturated carbocycles. The molecule has 4 nitrogen and oxygen atoms in total. The van der Waals surface area contributed by atoms with Crippen molar-refractivity contribution in [3.63, 3.8) is 0 Å². The van der Waals surface area contributed by atoms with E-state index in [-0.39, 0.29) is 0 Å². The third-order valence-corrected chi connectivity index (χ3v) is 4.75. The predicted molar refractivity (Wildman–Crippen MR) is 97.4 cm³/mol. The molecule has 2 heterocycles. The van der Waals surface area contributed by atoms with Gasteiger partial charge in [-0.1, -0.05) is 18.5 Å². The highest BCUT2D eigenvalue weighted by molar-refractivity contribution is 6.29. The first-order valence-electron chi connectivity index (χ1n) is 8.58. The van der Waals surface area contributed by atoms with E-state index >= 15 is 0 Å². The van der Waals surface area contributed by atoms with Crippen molar-refractivity contribution in [1.82, 2.24) is 15.1 Å². The molecular weight excluding hydrogens is 322 g/mol. The molecule has 1 aromatic carbocycles. The lowest BCUT2D eigenvalue weighted by molar-refractivity contribution is 0.181. The Balaban J connectivity index is 1.51. The molecule has 0 radical (unpaired) electrons. The van der Waals surface area contributed by atoms with Crippen molar-refractivity contribution < 1.29 is 4.74 Å². The molecule has 5 heteroatoms. The number of nitrogens with zero attached hydrogens (tertiary/aromatic N) is 3. The Hall–Kier alpha value is -1.65. The third-order valence-electron chi connectivity index (χ3n) is 4.55. The number of hydrogen-bond acceptors (Lipinski definition) is 4. The van der Waals surface area contributed by atoms with Crippen LogP contribution >= 0.6 is 11.6 Å². The highest BCUT2D eigenvalue weighted by atomic mass is 35.5. The Bertz CT molecular complexity index is 645. The smallest absolute Gasteiger partial charge is 0.151 e. The fourth-order valence-electron chi connectivity index (χ4n) is 3.15. The molecule has 1 aliphatic rings. The summed E-state index contributed by atoms with van der Waals surface area (Å²) in [7, 11) is 0. The number of benzene rings is 1. The van der Waals surface area contributed by atoms with Crippen molar-refractivity contribution in [2.24, 2.45) is 5.92 Å². The number of rotatable bonds is 6. The zero-order chi connectivity index (χ0) is 16.9. The van der Waals surface area contributed by atoms with Gasteiger partial charge in [-0.25, -0.2) is 0 Å². The lowest BCUT2D eigenvalue weighted by atomic mass is 10.1. The first-order chi connectivity index (χ1) is 11.6. The zero-order valence-electron chi connectivity index (χ0n) is 14.3. The maximum Gasteiger partial charge on any atom is 0.151 e. The predicted octanol–water partition coefficient (Wildman–Crippen LogP) is 4.30. The number of hydrogen-bond donors (Lipinski definition) is 0. The van der Waals surface area contributed by atoms with E-state index in [4.69, 9.17) is 16.3 Å². The van der Waals surface area contributed by atoms with Crippen LogP contribution in [0.2, 0.25) is 5.15 Å². The van der Waals surface area contributed by atoms with Crippen LogP contribution in [0.4, 0.5) is 0 Å². The van der Waals surface area contributed by atoms with Crippen LogP contribution in [-0.4, -0.2) is 40.8 Å². The van der Waals surface area contributed by atoms with Crippen LogP contribution in [-0.2, 0) is 0 Å². The van der Waals surface area contributed by atoms with Crippen LogP contribution in [0.3, 0.4) is 0 Å². The highest BCUT2D eigenvalue weighted by Crippen LogP contribution is 2.22. The largest absolute Gasteiger partial charge is 0.493 e. The van der Waals surface area contributed by atoms with Gasteiger partial charge in [-0.05, 0) is 62.7 Å². The van der Waals surface area contributed by atoms with E-state index in [0.717, 1.165) is 30.2 Å². The van der Waals surface area contributed by atoms with E-state index in [0.29, 0.717) is 17.1 Å². The molecule has 2 atom stereocenters. The zero-order valence-corrected chi connectivity index (χ0v) is 15.0. The molecule has 1 aromatic heterocycles. The number of halogens is 1. The van der Waals surface area contributed by atoms with Gasteiger partial charge < -0.3 is 9.64 Å². The number of aromatic nitrogens is 2. The van der Waals surface area contributed by atoms with Gasteiger partial charge in [0.25, 0.3) is 0 Å². The maximum absolute atomic E-state index is 5.94. The first-order valence-corrected chi connectivity index (χ1v) is 8.96. The third kappa shape index (κ3) is 4.46. The second-order valence-corrected chi connectivity index (χ2v) is 7.06. The fraction of sp³-hybridized carbons (Fsp3) is 0.474. The molecule has 2 aromatic rings. The summed E-state index contributed by atoms with van der Waals surface area (Å²) in [5.74, 6) is 1.41. The monoisotopic (exact) mass is 345 g/mol. The number of ether oxygens (including phenoxy) is 1. The van der Waals surface area contributed by atoms with Gasteiger partial charge in [0.05, 0.1) is 12.3 Å². The molecule has 0 bridgehead atoms. The summed E-state index contributed by atoms with van der Waals surface area (Å²) in [5, 5.41) is 8.36. The lowest BCUT2D eigenvalue weighted by Crippen LogP contribution is -2.33. The van der Waals surface area contributed by atoms with Gasteiger partial charge in [0.1, 0.15) is 5.75 Å². The van der Waals surface area contributed by atoms with E-state index in [1.807, 2.05) is 30.3 Å². The van der Waals surface area contributed by atoms with Gasteiger partial charge in [-0.3, -0.25) is 0 Å². The molecule has 0 N–H and O–H groups in total. The molecule has 24 heavy (non-hydrogen) atoms. The van der Waals surface area contributed by atoms with Crippen LogP contribution in [0.25, 0.3) is 11.3 Å². The van der Waals surface area contributed by atoms with Crippen molar-refractivity contribution in [3.05, 3.63) is 41.6 Å². The summed E-state index contributed by atoms with van der Waals surface area (Å²) in [6.07, 6.45) is 2.65. The van der Waals surface area contributed by atoms with E-state index < -0.39 is 0 Å². The van der Waals surface area contributed by atoms with Crippen molar-refractivity contribution in [2.45, 2.75) is 32.7 Å². The topological polar surface area (TPSA) is 38.3 Å². The molecule has 1 aliphatic heterocycles. The molecule has 3 rings (SSSR count). The summed E-state index contributed by atoms with van der Waals surface area (Å²) in [6.45, 7) is 7.65. The Morgan fingerprint density at radius 2 is 2.00 bits per heavy atom. The second kappa shape index (κ2) is 7.95. The molecule has 128 valence electrons. The van der Waals surface area contributed by atoms with Gasteiger partial charge in [-0.2, -0.15) is 0 Å². The minimum absolute atomic E-state index is 0.403. The average Bonchev–Trinajstić information content (AvgIpc) is 2.99. The minimum Gasteiger partial charge on any atom is -0.493 e. The standard InChI is InChI=1S/C19H24ClN3O/c1-14(12-23-11-3-4-15(23)2)13-24-17-7-5-16(6-8-17)18-9-10-19(20)22-21-18/h5-10,14-15H,3-4,11-13H2,1-2H3/t14-,15+/m0/s1. The molecule has 0 amide bonds. The van der Waals surface area contributed by atoms with Crippen LogP contribution in [0.15, 0.2) is 36.4 Å². The number of likely N-dealkylation sites (tertiary alicyclic amines) is 1. The van der Waals surface area contributed by atoms with Crippen molar-refractivity contribution in [3.8, 4) is 17.0 Å². The lowest BCUT2D eigenvalue weighted by Gasteiger charge is -2.24. The normalized spacial score (nSPS) is 19.4. The Morgan fingerprint density at radius 1 is 1.21 bits per heavy atom. The van der Waals surface area contributed by atoms with Crippen LogP contribution in [0.1, 0.15) is 26.7 Å². The molecule has 1 fully saturated rings. The molecule has 0 aliphatic carbocycles. The van der Waals surface area contributed by atoms with Crippen molar-refractivity contribution in [1.29, 1.82) is 0 Å². The maximum atomic E-state index is 5.94. The fourth-order valence-corrected chi connectivity index (χ4v) is 3.25. The highest BCUT2D eigenvalue weighted by Gasteiger charge is 2.21. The van der Waals surface area contributed by atoms with E-state index in [2.05, 4.69) is 28.9 Å².